The summed E-state index contributed by atoms with van der Waals surface area (Å²) in [6.07, 6.45) is 0. The summed E-state index contributed by atoms with van der Waals surface area (Å²) in [6.45, 7) is 6.49. The van der Waals surface area contributed by atoms with E-state index in [1.165, 1.54) is 60.5 Å². The molecule has 7 rings (SSSR count). The fraction of sp³-hybridized carbons (Fsp3) is 0.0769. The zero-order chi connectivity index (χ0) is 30.2. The molecular formula is C39H34Cl2HfSi-2. The van der Waals surface area contributed by atoms with E-state index >= 15 is 0 Å². The SMILES string of the molecule is C[Si](C)=[Hf]([Cl])[Cl].Cc1cc2c(-c3ccccc3)cccc2[cH-]1.c1ccc(-c2cc3c(-c4ccccc4)cccc3[cH-]2)cc1. The van der Waals surface area contributed by atoms with E-state index < -0.39 is 17.7 Å². The summed E-state index contributed by atoms with van der Waals surface area (Å²) >= 11 is -1.78. The second kappa shape index (κ2) is 15.1. The minimum absolute atomic E-state index is 0.208. The van der Waals surface area contributed by atoms with Crippen molar-refractivity contribution < 1.29 is 17.7 Å². The predicted octanol–water partition coefficient (Wildman–Crippen LogP) is 12.6. The van der Waals surface area contributed by atoms with Crippen molar-refractivity contribution in [1.82, 2.24) is 0 Å². The number of fused-ring (bicyclic) bond motifs is 2. The zero-order valence-corrected chi connectivity index (χ0v) is 30.8. The molecule has 0 heterocycles. The van der Waals surface area contributed by atoms with Crippen LogP contribution in [0.15, 0.2) is 152 Å². The third-order valence-electron chi connectivity index (χ3n) is 7.30. The van der Waals surface area contributed by atoms with Crippen molar-refractivity contribution in [2.45, 2.75) is 20.0 Å². The molecule has 0 saturated heterocycles. The molecule has 4 heteroatoms. The van der Waals surface area contributed by atoms with Crippen LogP contribution in [0.5, 0.6) is 0 Å². The van der Waals surface area contributed by atoms with Gasteiger partial charge in [-0.25, -0.2) is 0 Å². The summed E-state index contributed by atoms with van der Waals surface area (Å²) < 4.78 is 0. The molecule has 0 fully saturated rings. The number of halogens is 2. The molecule has 7 aromatic carbocycles. The van der Waals surface area contributed by atoms with Gasteiger partial charge in [0.25, 0.3) is 0 Å². The van der Waals surface area contributed by atoms with E-state index in [2.05, 4.69) is 172 Å². The van der Waals surface area contributed by atoms with Crippen LogP contribution in [0.4, 0.5) is 0 Å². The van der Waals surface area contributed by atoms with Crippen LogP contribution in [0.3, 0.4) is 0 Å². The van der Waals surface area contributed by atoms with Gasteiger partial charge in [0.05, 0.1) is 0 Å². The van der Waals surface area contributed by atoms with Crippen molar-refractivity contribution in [3.63, 3.8) is 0 Å². The third-order valence-corrected chi connectivity index (χ3v) is 34.8. The van der Waals surface area contributed by atoms with Gasteiger partial charge in [0.2, 0.25) is 0 Å². The number of aryl methyl sites for hydroxylation is 1. The summed E-state index contributed by atoms with van der Waals surface area (Å²) in [7, 11) is 11.3. The molecule has 0 amide bonds. The zero-order valence-electron chi connectivity index (χ0n) is 24.7. The summed E-state index contributed by atoms with van der Waals surface area (Å²) in [4.78, 5) is 0. The van der Waals surface area contributed by atoms with Crippen molar-refractivity contribution in [3.05, 3.63) is 157 Å². The molecule has 0 aliphatic carbocycles. The quantitative estimate of drug-likeness (QED) is 0.124. The first-order valence-corrected chi connectivity index (χ1v) is 31.2. The van der Waals surface area contributed by atoms with Gasteiger partial charge in [-0.1, -0.05) is 133 Å². The fourth-order valence-electron chi connectivity index (χ4n) is 5.16. The second-order valence-electron chi connectivity index (χ2n) is 10.8. The maximum atomic E-state index is 5.64. The maximum absolute atomic E-state index is 5.64. The van der Waals surface area contributed by atoms with Crippen molar-refractivity contribution in [1.29, 1.82) is 0 Å². The number of benzene rings is 5. The molecule has 0 N–H and O–H groups in total. The molecule has 214 valence electrons. The average molecular weight is 780 g/mol. The van der Waals surface area contributed by atoms with E-state index in [9.17, 15) is 0 Å². The molecule has 0 aliphatic heterocycles. The largest absolute Gasteiger partial charge is 0.165 e. The number of hydrogen-bond donors (Lipinski definition) is 0. The first-order valence-electron chi connectivity index (χ1n) is 14.4. The van der Waals surface area contributed by atoms with Gasteiger partial charge < -0.3 is 0 Å². The van der Waals surface area contributed by atoms with Gasteiger partial charge in [0.15, 0.2) is 0 Å². The van der Waals surface area contributed by atoms with Crippen molar-refractivity contribution in [3.8, 4) is 33.4 Å². The molecule has 43 heavy (non-hydrogen) atoms. The van der Waals surface area contributed by atoms with Crippen molar-refractivity contribution in [2.24, 2.45) is 0 Å². The van der Waals surface area contributed by atoms with Crippen molar-refractivity contribution in [2.75, 3.05) is 0 Å². The minimum atomic E-state index is -1.78. The molecular weight excluding hydrogens is 746 g/mol. The smallest absolute Gasteiger partial charge is 0.0259 e. The standard InChI is InChI=1S/C21H15.C16H13.C2H6Si.2ClH.Hf/c1-3-8-16(9-4-1)19-14-18-12-7-13-20(21(18)15-19)17-10-5-2-6-11-17;1-12-10-14-8-5-9-15(16(14)11-12)13-6-3-2-4-7-13;1-3-2;;;/h1-15H;2-11H,1H3;1-2H3;2*1H;/q2*-1;;;;+2/p-2. The van der Waals surface area contributed by atoms with E-state index in [1.54, 1.807) is 0 Å². The number of rotatable bonds is 3. The van der Waals surface area contributed by atoms with Gasteiger partial charge in [-0.15, -0.1) is 69.1 Å². The second-order valence-corrected chi connectivity index (χ2v) is 42.5. The normalized spacial score (nSPS) is 10.4. The van der Waals surface area contributed by atoms with E-state index in [1.807, 2.05) is 0 Å². The van der Waals surface area contributed by atoms with Crippen LogP contribution in [0.25, 0.3) is 54.9 Å². The van der Waals surface area contributed by atoms with Crippen LogP contribution in [-0.4, -0.2) is 5.49 Å². The minimum Gasteiger partial charge on any atom is -0.165 e. The summed E-state index contributed by atoms with van der Waals surface area (Å²) in [5.74, 6) is 0. The summed E-state index contributed by atoms with van der Waals surface area (Å²) in [5, 5.41) is 5.31. The Bertz CT molecular complexity index is 1930. The Hall–Kier alpha value is -3.01. The fourth-order valence-corrected chi connectivity index (χ4v) is 5.16. The Morgan fingerprint density at radius 1 is 0.512 bits per heavy atom. The Morgan fingerprint density at radius 2 is 0.930 bits per heavy atom. The van der Waals surface area contributed by atoms with Gasteiger partial charge in [-0.05, 0) is 11.1 Å². The van der Waals surface area contributed by atoms with Crippen LogP contribution < -0.4 is 0 Å². The van der Waals surface area contributed by atoms with Crippen molar-refractivity contribution >= 4 is 44.2 Å². The monoisotopic (exact) mass is 780 g/mol. The summed E-state index contributed by atoms with van der Waals surface area (Å²) in [5.41, 5.74) is 8.87. The average Bonchev–Trinajstić information content (AvgIpc) is 3.66. The molecule has 0 radical (unpaired) electrons. The first-order chi connectivity index (χ1) is 20.9. The van der Waals surface area contributed by atoms with Crippen LogP contribution >= 0.6 is 17.2 Å². The van der Waals surface area contributed by atoms with Gasteiger partial charge in [-0.2, -0.15) is 6.07 Å². The molecule has 0 atom stereocenters. The molecule has 0 bridgehead atoms. The third kappa shape index (κ3) is 8.13. The molecule has 0 aromatic heterocycles. The topological polar surface area (TPSA) is 0 Å². The van der Waals surface area contributed by atoms with Crippen LogP contribution in [-0.2, 0) is 17.7 Å². The first kappa shape index (κ1) is 31.4. The molecule has 7 aromatic rings. The van der Waals surface area contributed by atoms with Gasteiger partial charge >= 0.3 is 53.4 Å². The van der Waals surface area contributed by atoms with Gasteiger partial charge in [0.1, 0.15) is 0 Å². The Kier molecular flexibility index (Phi) is 11.0. The molecule has 0 nitrogen and oxygen atoms in total. The van der Waals surface area contributed by atoms with E-state index in [0.717, 1.165) is 0 Å². The Balaban J connectivity index is 0.000000148. The van der Waals surface area contributed by atoms with E-state index in [0.29, 0.717) is 0 Å². The number of hydrogen-bond acceptors (Lipinski definition) is 0. The molecule has 0 unspecified atom stereocenters. The van der Waals surface area contributed by atoms with Crippen LogP contribution in [0.2, 0.25) is 13.1 Å². The predicted molar refractivity (Wildman–Crippen MR) is 189 cm³/mol. The van der Waals surface area contributed by atoms with Gasteiger partial charge in [0, 0.05) is 0 Å². The molecule has 0 aliphatic rings. The Morgan fingerprint density at radius 3 is 1.40 bits per heavy atom. The molecule has 0 saturated carbocycles. The van der Waals surface area contributed by atoms with Crippen LogP contribution in [0, 0.1) is 6.92 Å². The molecule has 0 spiro atoms. The Labute approximate surface area is 270 Å². The maximum Gasteiger partial charge on any atom is -0.0259 e. The van der Waals surface area contributed by atoms with Crippen LogP contribution in [0.1, 0.15) is 5.56 Å². The van der Waals surface area contributed by atoms with Gasteiger partial charge in [-0.3, -0.25) is 0 Å². The van der Waals surface area contributed by atoms with E-state index in [-0.39, 0.29) is 5.49 Å². The van der Waals surface area contributed by atoms with E-state index in [4.69, 9.17) is 17.2 Å². The summed E-state index contributed by atoms with van der Waals surface area (Å²) in [6, 6.07) is 53.8.